The summed E-state index contributed by atoms with van der Waals surface area (Å²) in [7, 11) is 1.61. The predicted molar refractivity (Wildman–Crippen MR) is 104 cm³/mol. The molecule has 0 fully saturated rings. The summed E-state index contributed by atoms with van der Waals surface area (Å²) in [6, 6.07) is 9.09. The van der Waals surface area contributed by atoms with Crippen LogP contribution in [0.25, 0.3) is 0 Å². The first kappa shape index (κ1) is 19.4. The Hall–Kier alpha value is -2.36. The molecule has 1 amide bonds. The quantitative estimate of drug-likeness (QED) is 0.581. The highest BCUT2D eigenvalue weighted by Crippen LogP contribution is 2.23. The number of carbonyl (C=O) groups is 1. The molecule has 0 atom stereocenters. The smallest absolute Gasteiger partial charge is 0.236 e. The third-order valence-electron chi connectivity index (χ3n) is 3.39. The van der Waals surface area contributed by atoms with Crippen LogP contribution in [0.1, 0.15) is 5.56 Å². The molecule has 27 heavy (non-hydrogen) atoms. The van der Waals surface area contributed by atoms with E-state index < -0.39 is 0 Å². The molecule has 0 unspecified atom stereocenters. The molecule has 1 aromatic carbocycles. The zero-order chi connectivity index (χ0) is 19.2. The normalized spacial score (nSPS) is 10.6. The lowest BCUT2D eigenvalue weighted by atomic mass is 10.2. The summed E-state index contributed by atoms with van der Waals surface area (Å²) in [5, 5.41) is 15.4. The standard InChI is InChI=1S/C16H14Cl2N6O2S/c1-26-12-4-2-10(3-5-12)8-24-16(21-22-23-24)27-9-14(25)20-15-13(18)6-11(17)7-19-15/h2-7H,8-9H2,1H3,(H,19,20,25). The number of nitrogens with one attached hydrogen (secondary N) is 1. The topological polar surface area (TPSA) is 94.8 Å². The molecule has 0 saturated carbocycles. The van der Waals surface area contributed by atoms with Crippen molar-refractivity contribution < 1.29 is 9.53 Å². The molecule has 1 N–H and O–H groups in total. The van der Waals surface area contributed by atoms with Gasteiger partial charge in [0.2, 0.25) is 11.1 Å². The lowest BCUT2D eigenvalue weighted by Gasteiger charge is -2.07. The van der Waals surface area contributed by atoms with Crippen molar-refractivity contribution >= 4 is 46.7 Å². The minimum absolute atomic E-state index is 0.101. The Kier molecular flexibility index (Phi) is 6.49. The molecule has 0 aliphatic carbocycles. The van der Waals surface area contributed by atoms with E-state index in [1.54, 1.807) is 11.8 Å². The van der Waals surface area contributed by atoms with Crippen LogP contribution in [0.5, 0.6) is 5.75 Å². The van der Waals surface area contributed by atoms with Crippen molar-refractivity contribution in [3.05, 3.63) is 52.1 Å². The van der Waals surface area contributed by atoms with Gasteiger partial charge in [0, 0.05) is 6.20 Å². The predicted octanol–water partition coefficient (Wildman–Crippen LogP) is 3.16. The van der Waals surface area contributed by atoms with Gasteiger partial charge in [0.15, 0.2) is 5.82 Å². The molecule has 2 heterocycles. The number of hydrogen-bond donors (Lipinski definition) is 1. The fraction of sp³-hybridized carbons (Fsp3) is 0.188. The van der Waals surface area contributed by atoms with Crippen LogP contribution < -0.4 is 10.1 Å². The Morgan fingerprint density at radius 1 is 1.30 bits per heavy atom. The number of carbonyl (C=O) groups excluding carboxylic acids is 1. The van der Waals surface area contributed by atoms with Crippen LogP contribution >= 0.6 is 35.0 Å². The van der Waals surface area contributed by atoms with E-state index >= 15 is 0 Å². The highest BCUT2D eigenvalue weighted by atomic mass is 35.5. The number of tetrazole rings is 1. The van der Waals surface area contributed by atoms with Gasteiger partial charge in [-0.2, -0.15) is 0 Å². The number of aromatic nitrogens is 5. The van der Waals surface area contributed by atoms with Crippen molar-refractivity contribution in [2.45, 2.75) is 11.7 Å². The van der Waals surface area contributed by atoms with Crippen LogP contribution in [-0.2, 0) is 11.3 Å². The SMILES string of the molecule is COc1ccc(Cn2nnnc2SCC(=O)Nc2ncc(Cl)cc2Cl)cc1. The molecule has 140 valence electrons. The van der Waals surface area contributed by atoms with Gasteiger partial charge in [-0.25, -0.2) is 9.67 Å². The lowest BCUT2D eigenvalue weighted by Crippen LogP contribution is -2.16. The Balaban J connectivity index is 1.58. The van der Waals surface area contributed by atoms with E-state index in [1.165, 1.54) is 24.0 Å². The first-order chi connectivity index (χ1) is 13.0. The maximum absolute atomic E-state index is 12.1. The van der Waals surface area contributed by atoms with Crippen molar-refractivity contribution in [1.29, 1.82) is 0 Å². The fourth-order valence-electron chi connectivity index (χ4n) is 2.11. The maximum atomic E-state index is 12.1. The van der Waals surface area contributed by atoms with Gasteiger partial charge in [-0.1, -0.05) is 47.1 Å². The van der Waals surface area contributed by atoms with Crippen LogP contribution in [0.3, 0.4) is 0 Å². The van der Waals surface area contributed by atoms with Gasteiger partial charge in [0.05, 0.1) is 29.5 Å². The number of pyridine rings is 1. The molecule has 0 bridgehead atoms. The maximum Gasteiger partial charge on any atom is 0.236 e. The summed E-state index contributed by atoms with van der Waals surface area (Å²) in [5.41, 5.74) is 1.01. The molecule has 0 saturated heterocycles. The van der Waals surface area contributed by atoms with E-state index in [9.17, 15) is 4.79 Å². The number of benzene rings is 1. The Morgan fingerprint density at radius 2 is 2.07 bits per heavy atom. The molecule has 11 heteroatoms. The zero-order valence-corrected chi connectivity index (χ0v) is 16.4. The third kappa shape index (κ3) is 5.31. The first-order valence-corrected chi connectivity index (χ1v) is 9.42. The summed E-state index contributed by atoms with van der Waals surface area (Å²) in [6.07, 6.45) is 1.41. The molecule has 8 nitrogen and oxygen atoms in total. The van der Waals surface area contributed by atoms with Crippen molar-refractivity contribution in [3.63, 3.8) is 0 Å². The Bertz CT molecular complexity index is 935. The summed E-state index contributed by atoms with van der Waals surface area (Å²) in [6.45, 7) is 0.478. The number of thioether (sulfide) groups is 1. The monoisotopic (exact) mass is 424 g/mol. The number of rotatable bonds is 7. The van der Waals surface area contributed by atoms with Crippen LogP contribution in [0.15, 0.2) is 41.7 Å². The van der Waals surface area contributed by atoms with Gasteiger partial charge < -0.3 is 10.1 Å². The summed E-state index contributed by atoms with van der Waals surface area (Å²) in [5.74, 6) is 0.847. The first-order valence-electron chi connectivity index (χ1n) is 7.68. The molecule has 0 spiro atoms. The highest BCUT2D eigenvalue weighted by molar-refractivity contribution is 7.99. The number of anilines is 1. The number of methoxy groups -OCH3 is 1. The number of amides is 1. The number of halogens is 2. The molecule has 0 radical (unpaired) electrons. The van der Waals surface area contributed by atoms with Gasteiger partial charge in [-0.05, 0) is 34.2 Å². The van der Waals surface area contributed by atoms with Crippen LogP contribution in [0.4, 0.5) is 5.82 Å². The van der Waals surface area contributed by atoms with Crippen LogP contribution in [0, 0.1) is 0 Å². The van der Waals surface area contributed by atoms with E-state index in [0.717, 1.165) is 11.3 Å². The minimum Gasteiger partial charge on any atom is -0.497 e. The van der Waals surface area contributed by atoms with Crippen molar-refractivity contribution in [2.24, 2.45) is 0 Å². The van der Waals surface area contributed by atoms with E-state index in [-0.39, 0.29) is 22.5 Å². The van der Waals surface area contributed by atoms with Gasteiger partial charge in [-0.3, -0.25) is 4.79 Å². The second-order valence-electron chi connectivity index (χ2n) is 5.29. The summed E-state index contributed by atoms with van der Waals surface area (Å²) in [4.78, 5) is 16.1. The second kappa shape index (κ2) is 9.03. The zero-order valence-electron chi connectivity index (χ0n) is 14.1. The average molecular weight is 425 g/mol. The van der Waals surface area contributed by atoms with Gasteiger partial charge in [-0.15, -0.1) is 5.10 Å². The third-order valence-corrected chi connectivity index (χ3v) is 4.84. The number of nitrogens with zero attached hydrogens (tertiary/aromatic N) is 5. The lowest BCUT2D eigenvalue weighted by molar-refractivity contribution is -0.113. The molecular weight excluding hydrogens is 411 g/mol. The Labute approximate surface area is 169 Å². The fourth-order valence-corrected chi connectivity index (χ4v) is 3.21. The van der Waals surface area contributed by atoms with Gasteiger partial charge in [0.25, 0.3) is 0 Å². The number of ether oxygens (including phenoxy) is 1. The van der Waals surface area contributed by atoms with Gasteiger partial charge in [0.1, 0.15) is 5.75 Å². The van der Waals surface area contributed by atoms with E-state index in [0.29, 0.717) is 16.7 Å². The van der Waals surface area contributed by atoms with Crippen molar-refractivity contribution in [3.8, 4) is 5.75 Å². The summed E-state index contributed by atoms with van der Waals surface area (Å²) >= 11 is 13.0. The highest BCUT2D eigenvalue weighted by Gasteiger charge is 2.12. The van der Waals surface area contributed by atoms with E-state index in [4.69, 9.17) is 27.9 Å². The van der Waals surface area contributed by atoms with Crippen molar-refractivity contribution in [1.82, 2.24) is 25.2 Å². The molecule has 0 aliphatic rings. The summed E-state index contributed by atoms with van der Waals surface area (Å²) < 4.78 is 6.76. The number of hydrogen-bond acceptors (Lipinski definition) is 7. The van der Waals surface area contributed by atoms with E-state index in [2.05, 4.69) is 25.8 Å². The molecule has 3 rings (SSSR count). The van der Waals surface area contributed by atoms with Gasteiger partial charge >= 0.3 is 0 Å². The molecule has 0 aliphatic heterocycles. The van der Waals surface area contributed by atoms with Crippen LogP contribution in [-0.4, -0.2) is 44.0 Å². The second-order valence-corrected chi connectivity index (χ2v) is 7.07. The van der Waals surface area contributed by atoms with Crippen LogP contribution in [0.2, 0.25) is 10.0 Å². The average Bonchev–Trinajstić information content (AvgIpc) is 3.10. The van der Waals surface area contributed by atoms with E-state index in [1.807, 2.05) is 24.3 Å². The molecular formula is C16H14Cl2N6O2S. The minimum atomic E-state index is -0.282. The largest absolute Gasteiger partial charge is 0.497 e. The van der Waals surface area contributed by atoms with Crippen molar-refractivity contribution in [2.75, 3.05) is 18.2 Å². The molecule has 2 aromatic heterocycles. The molecule has 3 aromatic rings. The Morgan fingerprint density at radius 3 is 2.78 bits per heavy atom.